The Morgan fingerprint density at radius 1 is 1.44 bits per heavy atom. The van der Waals surface area contributed by atoms with Gasteiger partial charge in [0.25, 0.3) is 0 Å². The van der Waals surface area contributed by atoms with E-state index in [9.17, 15) is 4.79 Å². The smallest absolute Gasteiger partial charge is 0.249 e. The zero-order valence-corrected chi connectivity index (χ0v) is 11.0. The maximum absolute atomic E-state index is 11.9. The highest BCUT2D eigenvalue weighted by molar-refractivity contribution is 5.78. The van der Waals surface area contributed by atoms with Crippen molar-refractivity contribution in [2.75, 3.05) is 27.4 Å². The fraction of sp³-hybridized carbons (Fsp3) is 0.667. The highest BCUT2D eigenvalue weighted by atomic mass is 16.5. The summed E-state index contributed by atoms with van der Waals surface area (Å²) >= 11 is 0. The molecular formula is C12H19N3O3. The van der Waals surface area contributed by atoms with E-state index in [1.165, 1.54) is 7.11 Å². The van der Waals surface area contributed by atoms with E-state index in [2.05, 4.69) is 9.55 Å². The van der Waals surface area contributed by atoms with Gasteiger partial charge in [-0.1, -0.05) is 0 Å². The number of rotatable bonds is 4. The lowest BCUT2D eigenvalue weighted by Crippen LogP contribution is -2.43. The molecule has 1 aromatic heterocycles. The second-order valence-electron chi connectivity index (χ2n) is 4.39. The quantitative estimate of drug-likeness (QED) is 0.787. The van der Waals surface area contributed by atoms with E-state index in [1.807, 2.05) is 18.0 Å². The molecule has 18 heavy (non-hydrogen) atoms. The zero-order valence-electron chi connectivity index (χ0n) is 11.0. The molecule has 2 heterocycles. The minimum atomic E-state index is -0.0213. The largest absolute Gasteiger partial charge is 0.378 e. The zero-order chi connectivity index (χ0) is 13.1. The van der Waals surface area contributed by atoms with E-state index in [0.29, 0.717) is 13.2 Å². The lowest BCUT2D eigenvalue weighted by Gasteiger charge is -2.34. The number of carbonyl (C=O) groups excluding carboxylic acids is 1. The Balaban J connectivity index is 2.18. The Morgan fingerprint density at radius 2 is 2.22 bits per heavy atom. The van der Waals surface area contributed by atoms with Crippen LogP contribution in [-0.4, -0.2) is 47.7 Å². The van der Waals surface area contributed by atoms with Gasteiger partial charge in [0.05, 0.1) is 24.5 Å². The van der Waals surface area contributed by atoms with E-state index >= 15 is 0 Å². The van der Waals surface area contributed by atoms with Gasteiger partial charge in [-0.2, -0.15) is 0 Å². The molecule has 1 aliphatic heterocycles. The first-order valence-electron chi connectivity index (χ1n) is 6.00. The van der Waals surface area contributed by atoms with Crippen molar-refractivity contribution in [3.8, 4) is 0 Å². The second kappa shape index (κ2) is 5.49. The molecule has 0 aliphatic carbocycles. The van der Waals surface area contributed by atoms with E-state index in [-0.39, 0.29) is 18.6 Å². The molecule has 1 amide bonds. The third-order valence-electron chi connectivity index (χ3n) is 3.26. The van der Waals surface area contributed by atoms with Crippen LogP contribution in [0.5, 0.6) is 0 Å². The summed E-state index contributed by atoms with van der Waals surface area (Å²) in [7, 11) is 3.20. The molecule has 0 aromatic carbocycles. The van der Waals surface area contributed by atoms with Crippen LogP contribution in [0, 0.1) is 0 Å². The Labute approximate surface area is 106 Å². The van der Waals surface area contributed by atoms with Crippen molar-refractivity contribution in [3.05, 3.63) is 17.7 Å². The van der Waals surface area contributed by atoms with Gasteiger partial charge < -0.3 is 18.9 Å². The maximum Gasteiger partial charge on any atom is 0.249 e. The van der Waals surface area contributed by atoms with Gasteiger partial charge in [-0.3, -0.25) is 4.79 Å². The van der Waals surface area contributed by atoms with Gasteiger partial charge in [0.15, 0.2) is 0 Å². The average molecular weight is 253 g/mol. The molecule has 1 aliphatic rings. The molecule has 0 bridgehead atoms. The highest BCUT2D eigenvalue weighted by Crippen LogP contribution is 2.25. The van der Waals surface area contributed by atoms with Crippen molar-refractivity contribution in [2.24, 2.45) is 0 Å². The fourth-order valence-corrected chi connectivity index (χ4v) is 2.37. The van der Waals surface area contributed by atoms with Gasteiger partial charge in [-0.25, -0.2) is 4.98 Å². The number of hydrogen-bond acceptors (Lipinski definition) is 4. The van der Waals surface area contributed by atoms with Crippen LogP contribution in [0.15, 0.2) is 6.20 Å². The van der Waals surface area contributed by atoms with E-state index in [4.69, 9.17) is 9.47 Å². The number of carbonyl (C=O) groups is 1. The van der Waals surface area contributed by atoms with Crippen molar-refractivity contribution >= 4 is 5.91 Å². The van der Waals surface area contributed by atoms with Gasteiger partial charge in [-0.05, 0) is 6.92 Å². The van der Waals surface area contributed by atoms with Crippen LogP contribution in [0.3, 0.4) is 0 Å². The van der Waals surface area contributed by atoms with Crippen LogP contribution >= 0.6 is 0 Å². The van der Waals surface area contributed by atoms with Gasteiger partial charge in [0, 0.05) is 27.3 Å². The lowest BCUT2D eigenvalue weighted by molar-refractivity contribution is -0.138. The van der Waals surface area contributed by atoms with Gasteiger partial charge in [-0.15, -0.1) is 0 Å². The minimum absolute atomic E-state index is 0.00698. The summed E-state index contributed by atoms with van der Waals surface area (Å²) in [4.78, 5) is 18.1. The van der Waals surface area contributed by atoms with E-state index in [0.717, 1.165) is 18.1 Å². The number of ether oxygens (including phenoxy) is 2. The first kappa shape index (κ1) is 13.0. The predicted octanol–water partition coefficient (Wildman–Crippen LogP) is 0.579. The number of hydrogen-bond donors (Lipinski definition) is 0. The third-order valence-corrected chi connectivity index (χ3v) is 3.26. The van der Waals surface area contributed by atoms with Crippen molar-refractivity contribution in [3.63, 3.8) is 0 Å². The fourth-order valence-electron chi connectivity index (χ4n) is 2.37. The first-order chi connectivity index (χ1) is 8.69. The summed E-state index contributed by atoms with van der Waals surface area (Å²) in [5.41, 5.74) is 1.05. The van der Waals surface area contributed by atoms with Crippen LogP contribution in [0.25, 0.3) is 0 Å². The standard InChI is InChI=1S/C12H19N3O3/c1-9-12-13-6-10(7-17-2)15(12)5-4-14(9)11(16)8-18-3/h6,9H,4-5,7-8H2,1-3H3/t9-/m0/s1. The molecule has 6 nitrogen and oxygen atoms in total. The Bertz CT molecular complexity index is 430. The summed E-state index contributed by atoms with van der Waals surface area (Å²) in [6.45, 7) is 4.10. The van der Waals surface area contributed by atoms with Crippen molar-refractivity contribution in [1.29, 1.82) is 0 Å². The van der Waals surface area contributed by atoms with Crippen LogP contribution in [-0.2, 0) is 27.4 Å². The van der Waals surface area contributed by atoms with Gasteiger partial charge in [0.2, 0.25) is 5.91 Å². The molecule has 100 valence electrons. The SMILES string of the molecule is COCC(=O)N1CCn2c(COC)cnc2[C@@H]1C. The van der Waals surface area contributed by atoms with Crippen molar-refractivity contribution < 1.29 is 14.3 Å². The molecule has 0 N–H and O–H groups in total. The minimum Gasteiger partial charge on any atom is -0.378 e. The molecule has 6 heteroatoms. The maximum atomic E-state index is 11.9. The molecule has 0 fully saturated rings. The third kappa shape index (κ3) is 2.26. The summed E-state index contributed by atoms with van der Waals surface area (Å²) in [5, 5.41) is 0. The molecule has 0 unspecified atom stereocenters. The van der Waals surface area contributed by atoms with Crippen LogP contribution in [0.2, 0.25) is 0 Å². The van der Waals surface area contributed by atoms with Crippen LogP contribution in [0.4, 0.5) is 0 Å². The summed E-state index contributed by atoms with van der Waals surface area (Å²) in [6, 6.07) is -0.0213. The number of nitrogens with zero attached hydrogens (tertiary/aromatic N) is 3. The molecular weight excluding hydrogens is 234 g/mol. The molecule has 0 radical (unpaired) electrons. The summed E-state index contributed by atoms with van der Waals surface area (Å²) in [5.74, 6) is 0.922. The lowest BCUT2D eigenvalue weighted by atomic mass is 10.2. The Hall–Kier alpha value is -1.40. The second-order valence-corrected chi connectivity index (χ2v) is 4.39. The molecule has 0 spiro atoms. The molecule has 1 atom stereocenters. The molecule has 1 aromatic rings. The topological polar surface area (TPSA) is 56.6 Å². The number of aromatic nitrogens is 2. The molecule has 0 saturated heterocycles. The Kier molecular flexibility index (Phi) is 3.98. The van der Waals surface area contributed by atoms with Crippen LogP contribution < -0.4 is 0 Å². The van der Waals surface area contributed by atoms with Crippen molar-refractivity contribution in [1.82, 2.24) is 14.5 Å². The summed E-state index contributed by atoms with van der Waals surface area (Å²) in [6.07, 6.45) is 1.82. The number of fused-ring (bicyclic) bond motifs is 1. The predicted molar refractivity (Wildman–Crippen MR) is 64.9 cm³/mol. The number of imidazole rings is 1. The number of methoxy groups -OCH3 is 2. The van der Waals surface area contributed by atoms with Gasteiger partial charge >= 0.3 is 0 Å². The normalized spacial score (nSPS) is 18.8. The monoisotopic (exact) mass is 253 g/mol. The average Bonchev–Trinajstić information content (AvgIpc) is 2.75. The Morgan fingerprint density at radius 3 is 2.89 bits per heavy atom. The first-order valence-corrected chi connectivity index (χ1v) is 6.00. The van der Waals surface area contributed by atoms with Crippen LogP contribution in [0.1, 0.15) is 24.5 Å². The van der Waals surface area contributed by atoms with Crippen molar-refractivity contribution in [2.45, 2.75) is 26.1 Å². The van der Waals surface area contributed by atoms with E-state index in [1.54, 1.807) is 7.11 Å². The number of amides is 1. The van der Waals surface area contributed by atoms with E-state index < -0.39 is 0 Å². The highest BCUT2D eigenvalue weighted by Gasteiger charge is 2.29. The summed E-state index contributed by atoms with van der Waals surface area (Å²) < 4.78 is 12.2. The van der Waals surface area contributed by atoms with Gasteiger partial charge in [0.1, 0.15) is 12.4 Å². The molecule has 0 saturated carbocycles. The molecule has 2 rings (SSSR count).